The van der Waals surface area contributed by atoms with Crippen molar-refractivity contribution < 1.29 is 18.0 Å². The number of amides is 1. The summed E-state index contributed by atoms with van der Waals surface area (Å²) in [4.78, 5) is 34.4. The van der Waals surface area contributed by atoms with Gasteiger partial charge in [-0.05, 0) is 35.1 Å². The number of hydrogen-bond donors (Lipinski definition) is 1. The maximum atomic E-state index is 13.1. The Balaban J connectivity index is 1.87. The number of aromatic nitrogens is 2. The predicted molar refractivity (Wildman–Crippen MR) is 108 cm³/mol. The highest BCUT2D eigenvalue weighted by atomic mass is 35.5. The Hall–Kier alpha value is -2.91. The smallest absolute Gasteiger partial charge is 0.301 e. The highest BCUT2D eigenvalue weighted by molar-refractivity contribution is 8.04. The number of hydrogen-bond acceptors (Lipinski definition) is 4. The summed E-state index contributed by atoms with van der Waals surface area (Å²) in [6.07, 6.45) is 0.140. The second-order valence-electron chi connectivity index (χ2n) is 6.35. The molecular formula is C20H11ClF3N3O2S. The Morgan fingerprint density at radius 2 is 1.83 bits per heavy atom. The van der Waals surface area contributed by atoms with Crippen molar-refractivity contribution in [1.82, 2.24) is 9.97 Å². The molecule has 1 aromatic heterocycles. The summed E-state index contributed by atoms with van der Waals surface area (Å²) in [5.74, 6) is -1.11. The number of benzene rings is 1. The van der Waals surface area contributed by atoms with E-state index in [0.717, 1.165) is 0 Å². The highest BCUT2D eigenvalue weighted by Crippen LogP contribution is 2.42. The van der Waals surface area contributed by atoms with Crippen molar-refractivity contribution in [3.8, 4) is 0 Å². The van der Waals surface area contributed by atoms with Crippen molar-refractivity contribution >= 4 is 40.6 Å². The number of nitrogens with one attached hydrogen (secondary N) is 1. The third-order valence-corrected chi connectivity index (χ3v) is 5.57. The van der Waals surface area contributed by atoms with Gasteiger partial charge in [0.15, 0.2) is 10.9 Å². The molecule has 0 saturated carbocycles. The first-order valence-electron chi connectivity index (χ1n) is 8.56. The molecule has 0 radical (unpaired) electrons. The normalized spacial score (nSPS) is 18.8. The largest absolute Gasteiger partial charge is 0.433 e. The number of fused-ring (bicyclic) bond motifs is 1. The lowest BCUT2D eigenvalue weighted by Gasteiger charge is -2.26. The predicted octanol–water partition coefficient (Wildman–Crippen LogP) is 4.58. The number of aromatic amines is 1. The van der Waals surface area contributed by atoms with E-state index in [1.54, 1.807) is 48.6 Å². The third-order valence-electron chi connectivity index (χ3n) is 4.33. The molecule has 2 aliphatic rings. The second kappa shape index (κ2) is 7.73. The van der Waals surface area contributed by atoms with Crippen molar-refractivity contribution in [3.63, 3.8) is 0 Å². The number of alkyl halides is 3. The fourth-order valence-electron chi connectivity index (χ4n) is 3.08. The Bertz CT molecular complexity index is 1210. The van der Waals surface area contributed by atoms with Crippen LogP contribution in [0, 0.1) is 5.92 Å². The van der Waals surface area contributed by atoms with E-state index in [0.29, 0.717) is 39.7 Å². The van der Waals surface area contributed by atoms with Crippen molar-refractivity contribution in [1.29, 1.82) is 0 Å². The number of halogens is 4. The van der Waals surface area contributed by atoms with Crippen molar-refractivity contribution in [2.24, 2.45) is 10.9 Å². The van der Waals surface area contributed by atoms with Crippen LogP contribution in [0.3, 0.4) is 0 Å². The van der Waals surface area contributed by atoms with E-state index >= 15 is 0 Å². The Morgan fingerprint density at radius 1 is 1.10 bits per heavy atom. The van der Waals surface area contributed by atoms with E-state index in [9.17, 15) is 22.8 Å². The first-order chi connectivity index (χ1) is 14.2. The number of nitrogens with zero attached hydrogens (tertiary/aromatic N) is 2. The molecule has 30 heavy (non-hydrogen) atoms. The molecule has 1 N–H and O–H groups in total. The molecule has 1 aliphatic carbocycles. The van der Waals surface area contributed by atoms with Gasteiger partial charge in [0.2, 0.25) is 0 Å². The minimum absolute atomic E-state index is 0.0634. The van der Waals surface area contributed by atoms with E-state index in [-0.39, 0.29) is 10.1 Å². The van der Waals surface area contributed by atoms with Gasteiger partial charge in [-0.25, -0.2) is 9.98 Å². The first kappa shape index (κ1) is 20.4. The minimum atomic E-state index is -4.80. The van der Waals surface area contributed by atoms with Gasteiger partial charge in [0.05, 0.1) is 10.6 Å². The van der Waals surface area contributed by atoms with Gasteiger partial charge >= 0.3 is 6.18 Å². The number of rotatable bonds is 3. The Morgan fingerprint density at radius 3 is 2.53 bits per heavy atom. The van der Waals surface area contributed by atoms with Crippen LogP contribution in [-0.2, 0) is 11.0 Å². The fourth-order valence-corrected chi connectivity index (χ4v) is 4.25. The number of H-pyrrole nitrogens is 1. The van der Waals surface area contributed by atoms with Gasteiger partial charge in [-0.2, -0.15) is 13.2 Å². The van der Waals surface area contributed by atoms with Crippen molar-refractivity contribution in [2.75, 3.05) is 0 Å². The maximum absolute atomic E-state index is 13.1. The molecule has 1 aliphatic heterocycles. The number of aliphatic imine (C=N–C) groups is 1. The van der Waals surface area contributed by atoms with Gasteiger partial charge in [-0.3, -0.25) is 9.59 Å². The van der Waals surface area contributed by atoms with E-state index < -0.39 is 29.3 Å². The molecule has 1 aromatic carbocycles. The van der Waals surface area contributed by atoms with Gasteiger partial charge < -0.3 is 4.98 Å². The Kier molecular flexibility index (Phi) is 5.25. The summed E-state index contributed by atoms with van der Waals surface area (Å²) >= 11 is 6.78. The van der Waals surface area contributed by atoms with Crippen LogP contribution in [-0.4, -0.2) is 21.6 Å². The molecule has 2 heterocycles. The molecule has 10 heteroatoms. The van der Waals surface area contributed by atoms with Gasteiger partial charge in [0, 0.05) is 17.0 Å². The molecule has 0 fully saturated rings. The lowest BCUT2D eigenvalue weighted by molar-refractivity contribution is -0.141. The molecule has 0 saturated heterocycles. The van der Waals surface area contributed by atoms with E-state index in [1.807, 2.05) is 0 Å². The number of allylic oxidation sites excluding steroid dienone is 5. The highest BCUT2D eigenvalue weighted by Gasteiger charge is 2.35. The van der Waals surface area contributed by atoms with Crippen LogP contribution in [0.4, 0.5) is 13.2 Å². The molecule has 4 rings (SSSR count). The molecule has 1 atom stereocenters. The molecule has 1 amide bonds. The van der Waals surface area contributed by atoms with Gasteiger partial charge in [0.1, 0.15) is 0 Å². The summed E-state index contributed by atoms with van der Waals surface area (Å²) in [5, 5.41) is 0.0864. The average molecular weight is 450 g/mol. The van der Waals surface area contributed by atoms with Crippen LogP contribution in [0.25, 0.3) is 5.57 Å². The molecule has 152 valence electrons. The van der Waals surface area contributed by atoms with Crippen LogP contribution >= 0.6 is 23.4 Å². The summed E-state index contributed by atoms with van der Waals surface area (Å²) < 4.78 is 39.2. The summed E-state index contributed by atoms with van der Waals surface area (Å²) in [6, 6.07) is 9.25. The number of dihydropyridines is 1. The van der Waals surface area contributed by atoms with Crippen LogP contribution in [0.5, 0.6) is 0 Å². The Labute approximate surface area is 177 Å². The van der Waals surface area contributed by atoms with Crippen molar-refractivity contribution in [2.45, 2.75) is 11.3 Å². The molecule has 0 bridgehead atoms. The van der Waals surface area contributed by atoms with Gasteiger partial charge in [0.25, 0.3) is 11.5 Å². The molecule has 0 spiro atoms. The third kappa shape index (κ3) is 4.03. The van der Waals surface area contributed by atoms with Gasteiger partial charge in [-0.15, -0.1) is 0 Å². The van der Waals surface area contributed by atoms with E-state index in [2.05, 4.69) is 15.0 Å². The molecule has 2 aromatic rings. The zero-order chi connectivity index (χ0) is 21.5. The van der Waals surface area contributed by atoms with Crippen LogP contribution < -0.4 is 5.56 Å². The standard InChI is InChI=1S/C20H11ClF3N3O2S/c21-11-6-7-13-12(8-11)16(10-4-2-1-3-5-10)17(18(29)25-13)30-19-26-14(20(22,23)24)9-15(28)27-19/h1-9,12H,(H,26,27,28). The zero-order valence-corrected chi connectivity index (χ0v) is 16.5. The number of thioether (sulfide) groups is 1. The van der Waals surface area contributed by atoms with Gasteiger partial charge in [-0.1, -0.05) is 48.0 Å². The fraction of sp³-hybridized carbons (Fsp3) is 0.100. The molecule has 1 unspecified atom stereocenters. The quantitative estimate of drug-likeness (QED) is 0.696. The SMILES string of the molecule is O=C1N=C2C=CC(Cl)=CC2C(c2ccccc2)=C1Sc1nc(C(F)(F)F)cc(=O)[nH]1. The topological polar surface area (TPSA) is 75.2 Å². The van der Waals surface area contributed by atoms with E-state index in [1.165, 1.54) is 0 Å². The van der Waals surface area contributed by atoms with Crippen LogP contribution in [0.15, 0.2) is 79.5 Å². The van der Waals surface area contributed by atoms with Crippen molar-refractivity contribution in [3.05, 3.63) is 86.2 Å². The van der Waals surface area contributed by atoms with Crippen LogP contribution in [0.1, 0.15) is 11.3 Å². The van der Waals surface area contributed by atoms with E-state index in [4.69, 9.17) is 11.6 Å². The summed E-state index contributed by atoms with van der Waals surface area (Å²) in [5.41, 5.74) is -0.642. The number of carbonyl (C=O) groups excluding carboxylic acids is 1. The lowest BCUT2D eigenvalue weighted by Crippen LogP contribution is -2.24. The molecular weight excluding hydrogens is 439 g/mol. The number of carbonyl (C=O) groups is 1. The second-order valence-corrected chi connectivity index (χ2v) is 7.78. The average Bonchev–Trinajstić information content (AvgIpc) is 2.68. The van der Waals surface area contributed by atoms with Crippen LogP contribution in [0.2, 0.25) is 0 Å². The zero-order valence-electron chi connectivity index (χ0n) is 14.9. The molecule has 5 nitrogen and oxygen atoms in total. The maximum Gasteiger partial charge on any atom is 0.433 e. The summed E-state index contributed by atoms with van der Waals surface area (Å²) in [6.45, 7) is 0. The first-order valence-corrected chi connectivity index (χ1v) is 9.76. The summed E-state index contributed by atoms with van der Waals surface area (Å²) in [7, 11) is 0. The lowest BCUT2D eigenvalue weighted by atomic mass is 9.84. The minimum Gasteiger partial charge on any atom is -0.301 e. The monoisotopic (exact) mass is 449 g/mol.